The molecule has 1 aliphatic heterocycles. The van der Waals surface area contributed by atoms with Gasteiger partial charge in [0, 0.05) is 46.9 Å². The average molecular weight is 879 g/mol. The van der Waals surface area contributed by atoms with Gasteiger partial charge in [-0.15, -0.1) is 0 Å². The Balaban J connectivity index is 0.944. The van der Waals surface area contributed by atoms with E-state index in [0.717, 1.165) is 60.1 Å². The van der Waals surface area contributed by atoms with Gasteiger partial charge in [0.25, 0.3) is 0 Å². The Morgan fingerprint density at radius 3 is 2.03 bits per heavy atom. The summed E-state index contributed by atoms with van der Waals surface area (Å²) in [7, 11) is 0. The van der Waals surface area contributed by atoms with Gasteiger partial charge in [-0.25, -0.2) is 4.98 Å². The Hall–Kier alpha value is -7.11. The van der Waals surface area contributed by atoms with Crippen molar-refractivity contribution in [3.8, 4) is 39.6 Å². The minimum absolute atomic E-state index is 0.0540. The number of pyridine rings is 1. The fourth-order valence-electron chi connectivity index (χ4n) is 9.86. The largest absolute Gasteiger partial charge is 0.457 e. The van der Waals surface area contributed by atoms with Crippen LogP contribution in [-0.2, 0) is 23.7 Å². The summed E-state index contributed by atoms with van der Waals surface area (Å²) in [5.74, 6) is 2.98. The van der Waals surface area contributed by atoms with Crippen molar-refractivity contribution in [2.24, 2.45) is 5.92 Å². The van der Waals surface area contributed by atoms with Crippen molar-refractivity contribution >= 4 is 38.9 Å². The molecule has 336 valence electrons. The van der Waals surface area contributed by atoms with Crippen LogP contribution in [0.15, 0.2) is 176 Å². The van der Waals surface area contributed by atoms with Crippen LogP contribution < -0.4 is 14.5 Å². The van der Waals surface area contributed by atoms with Crippen molar-refractivity contribution in [2.45, 2.75) is 79.1 Å². The third kappa shape index (κ3) is 8.83. The number of fused-ring (bicyclic) bond motifs is 4. The molecule has 0 saturated heterocycles. The third-order valence-corrected chi connectivity index (χ3v) is 13.4. The molecule has 0 radical (unpaired) electrons. The van der Waals surface area contributed by atoms with E-state index in [4.69, 9.17) is 9.72 Å². The molecule has 0 saturated carbocycles. The molecular formula is C62H62N4O. The fraction of sp³-hybridized carbons (Fsp3) is 0.242. The van der Waals surface area contributed by atoms with Crippen molar-refractivity contribution in [2.75, 3.05) is 23.0 Å². The van der Waals surface area contributed by atoms with E-state index in [1.165, 1.54) is 66.7 Å². The highest BCUT2D eigenvalue weighted by Crippen LogP contribution is 2.43. The standard InChI is InChI=1S/C62H62N4O/c1-42(2)34-46-37-60(63-40-55(46)43-18-10-9-11-19-43)66-56-25-13-12-24-53(56)54-31-29-51(39-59(54)66)67-50-23-17-22-49(38-50)65-41-64(57-26-14-15-27-58(57)65)33-32-45-36-48(62(6,7)8)28-30-52(45)44-20-16-21-47(35-44)61(3,4)5/h9-31,35-40,42H,32-34,41H2,1-8H3. The lowest BCUT2D eigenvalue weighted by atomic mass is 9.82. The lowest BCUT2D eigenvalue weighted by Gasteiger charge is -2.25. The SMILES string of the molecule is CC(C)Cc1cc(-n2c3ccccc3c3ccc(Oc4cccc(N5CN(CCc6cc(C(C)(C)C)ccc6-c6cccc(C(C)(C)C)c6)c6ccccc65)c4)cc32)ncc1-c1ccccc1. The molecule has 0 unspecified atom stereocenters. The predicted octanol–water partition coefficient (Wildman–Crippen LogP) is 16.3. The van der Waals surface area contributed by atoms with Crippen LogP contribution in [0.4, 0.5) is 17.1 Å². The molecule has 5 heteroatoms. The van der Waals surface area contributed by atoms with Crippen LogP contribution in [0.1, 0.15) is 77.6 Å². The summed E-state index contributed by atoms with van der Waals surface area (Å²) in [4.78, 5) is 10.1. The zero-order valence-electron chi connectivity index (χ0n) is 40.3. The summed E-state index contributed by atoms with van der Waals surface area (Å²) >= 11 is 0. The number of ether oxygens (including phenoxy) is 1. The quantitative estimate of drug-likeness (QED) is 0.130. The molecule has 0 aliphatic carbocycles. The summed E-state index contributed by atoms with van der Waals surface area (Å²) < 4.78 is 9.10. The molecule has 0 N–H and O–H groups in total. The first-order valence-electron chi connectivity index (χ1n) is 24.0. The molecule has 0 fully saturated rings. The second-order valence-electron chi connectivity index (χ2n) is 20.8. The van der Waals surface area contributed by atoms with E-state index in [2.05, 4.69) is 246 Å². The normalized spacial score (nSPS) is 13.0. The Labute approximate surface area is 397 Å². The first-order chi connectivity index (χ1) is 32.3. The zero-order chi connectivity index (χ0) is 46.5. The average Bonchev–Trinajstić information content (AvgIpc) is 3.86. The highest BCUT2D eigenvalue weighted by Gasteiger charge is 2.28. The Bertz CT molecular complexity index is 3240. The van der Waals surface area contributed by atoms with Gasteiger partial charge < -0.3 is 14.5 Å². The first-order valence-corrected chi connectivity index (χ1v) is 24.0. The van der Waals surface area contributed by atoms with Crippen LogP contribution >= 0.6 is 0 Å². The molecule has 1 aliphatic rings. The maximum absolute atomic E-state index is 6.80. The zero-order valence-corrected chi connectivity index (χ0v) is 40.3. The second kappa shape index (κ2) is 17.6. The van der Waals surface area contributed by atoms with Gasteiger partial charge in [0.05, 0.1) is 29.1 Å². The van der Waals surface area contributed by atoms with Gasteiger partial charge in [0.15, 0.2) is 0 Å². The predicted molar refractivity (Wildman–Crippen MR) is 283 cm³/mol. The number of para-hydroxylation sites is 3. The molecule has 67 heavy (non-hydrogen) atoms. The third-order valence-electron chi connectivity index (χ3n) is 13.4. The lowest BCUT2D eigenvalue weighted by Crippen LogP contribution is -2.29. The topological polar surface area (TPSA) is 33.5 Å². The monoisotopic (exact) mass is 878 g/mol. The van der Waals surface area contributed by atoms with Gasteiger partial charge in [0.2, 0.25) is 0 Å². The van der Waals surface area contributed by atoms with E-state index in [9.17, 15) is 0 Å². The molecule has 5 nitrogen and oxygen atoms in total. The van der Waals surface area contributed by atoms with Crippen LogP contribution in [-0.4, -0.2) is 22.8 Å². The first kappa shape index (κ1) is 43.8. The second-order valence-corrected chi connectivity index (χ2v) is 20.8. The maximum Gasteiger partial charge on any atom is 0.137 e. The molecule has 10 rings (SSSR count). The highest BCUT2D eigenvalue weighted by atomic mass is 16.5. The Morgan fingerprint density at radius 1 is 0.552 bits per heavy atom. The maximum atomic E-state index is 6.80. The van der Waals surface area contributed by atoms with Crippen molar-refractivity contribution in [1.82, 2.24) is 9.55 Å². The van der Waals surface area contributed by atoms with E-state index >= 15 is 0 Å². The number of hydrogen-bond acceptors (Lipinski definition) is 4. The van der Waals surface area contributed by atoms with E-state index in [-0.39, 0.29) is 10.8 Å². The number of hydrogen-bond donors (Lipinski definition) is 0. The number of anilines is 3. The minimum atomic E-state index is 0.0540. The van der Waals surface area contributed by atoms with Crippen LogP contribution in [0.2, 0.25) is 0 Å². The Kier molecular flexibility index (Phi) is 11.5. The van der Waals surface area contributed by atoms with Crippen molar-refractivity contribution in [3.63, 3.8) is 0 Å². The molecule has 3 heterocycles. The lowest BCUT2D eigenvalue weighted by molar-refractivity contribution is 0.483. The van der Waals surface area contributed by atoms with Crippen LogP contribution in [0, 0.1) is 5.92 Å². The van der Waals surface area contributed by atoms with E-state index in [1.807, 2.05) is 0 Å². The van der Waals surface area contributed by atoms with Crippen LogP contribution in [0.25, 0.3) is 49.9 Å². The smallest absolute Gasteiger partial charge is 0.137 e. The summed E-state index contributed by atoms with van der Waals surface area (Å²) in [6.45, 7) is 20.0. The molecule has 0 spiro atoms. The number of rotatable bonds is 11. The Morgan fingerprint density at radius 2 is 1.24 bits per heavy atom. The van der Waals surface area contributed by atoms with E-state index in [1.54, 1.807) is 0 Å². The van der Waals surface area contributed by atoms with Crippen molar-refractivity contribution < 1.29 is 4.74 Å². The van der Waals surface area contributed by atoms with E-state index in [0.29, 0.717) is 5.92 Å². The van der Waals surface area contributed by atoms with Gasteiger partial charge in [-0.1, -0.05) is 165 Å². The van der Waals surface area contributed by atoms with Gasteiger partial charge in [0.1, 0.15) is 17.3 Å². The van der Waals surface area contributed by atoms with E-state index < -0.39 is 0 Å². The highest BCUT2D eigenvalue weighted by molar-refractivity contribution is 6.09. The molecular weight excluding hydrogens is 817 g/mol. The van der Waals surface area contributed by atoms with Gasteiger partial charge in [-0.3, -0.25) is 4.57 Å². The number of nitrogens with zero attached hydrogens (tertiary/aromatic N) is 4. The molecule has 9 aromatic rings. The fourth-order valence-corrected chi connectivity index (χ4v) is 9.86. The van der Waals surface area contributed by atoms with Gasteiger partial charge >= 0.3 is 0 Å². The van der Waals surface area contributed by atoms with Crippen molar-refractivity contribution in [1.29, 1.82) is 0 Å². The summed E-state index contributed by atoms with van der Waals surface area (Å²) in [6, 6.07) is 61.6. The summed E-state index contributed by atoms with van der Waals surface area (Å²) in [5.41, 5.74) is 16.2. The minimum Gasteiger partial charge on any atom is -0.457 e. The summed E-state index contributed by atoms with van der Waals surface area (Å²) in [6.07, 6.45) is 3.94. The van der Waals surface area contributed by atoms with Crippen molar-refractivity contribution in [3.05, 3.63) is 198 Å². The summed E-state index contributed by atoms with van der Waals surface area (Å²) in [5, 5.41) is 2.36. The molecule has 0 atom stereocenters. The van der Waals surface area contributed by atoms with Crippen LogP contribution in [0.3, 0.4) is 0 Å². The van der Waals surface area contributed by atoms with Gasteiger partial charge in [-0.05, 0) is 117 Å². The number of benzene rings is 7. The molecule has 2 aromatic heterocycles. The van der Waals surface area contributed by atoms with Gasteiger partial charge in [-0.2, -0.15) is 0 Å². The molecule has 0 amide bonds. The van der Waals surface area contributed by atoms with Crippen LogP contribution in [0.5, 0.6) is 11.5 Å². The number of aromatic nitrogens is 2. The molecule has 7 aromatic carbocycles. The molecule has 0 bridgehead atoms.